The molecule has 0 aliphatic carbocycles. The first-order valence-electron chi connectivity index (χ1n) is 5.86. The van der Waals surface area contributed by atoms with Crippen LogP contribution in [0.3, 0.4) is 0 Å². The van der Waals surface area contributed by atoms with Crippen molar-refractivity contribution >= 4 is 5.78 Å². The van der Waals surface area contributed by atoms with Gasteiger partial charge in [0.25, 0.3) is 0 Å². The molecule has 0 spiro atoms. The van der Waals surface area contributed by atoms with Crippen molar-refractivity contribution in [1.82, 2.24) is 4.57 Å². The van der Waals surface area contributed by atoms with Crippen LogP contribution in [-0.2, 0) is 13.5 Å². The topological polar surface area (TPSA) is 55.0 Å². The molecule has 0 atom stereocenters. The molecular formula is C15H14N2O2. The van der Waals surface area contributed by atoms with Gasteiger partial charge in [0.1, 0.15) is 5.75 Å². The van der Waals surface area contributed by atoms with Crippen molar-refractivity contribution in [2.24, 2.45) is 7.05 Å². The Morgan fingerprint density at radius 1 is 1.32 bits per heavy atom. The zero-order valence-electron chi connectivity index (χ0n) is 10.9. The molecule has 0 bridgehead atoms. The van der Waals surface area contributed by atoms with Crippen molar-refractivity contribution in [2.75, 3.05) is 7.11 Å². The number of benzene rings is 1. The largest absolute Gasteiger partial charge is 0.497 e. The molecule has 19 heavy (non-hydrogen) atoms. The number of nitriles is 1. The van der Waals surface area contributed by atoms with E-state index in [1.165, 1.54) is 0 Å². The lowest BCUT2D eigenvalue weighted by Gasteiger charge is -2.01. The Balaban J connectivity index is 2.28. The van der Waals surface area contributed by atoms with Crippen LogP contribution in [-0.4, -0.2) is 17.5 Å². The first-order chi connectivity index (χ1) is 9.15. The van der Waals surface area contributed by atoms with Gasteiger partial charge in [0.15, 0.2) is 5.78 Å². The van der Waals surface area contributed by atoms with Gasteiger partial charge >= 0.3 is 0 Å². The predicted octanol–water partition coefficient (Wildman–Crippen LogP) is 2.33. The fourth-order valence-electron chi connectivity index (χ4n) is 1.90. The average molecular weight is 254 g/mol. The van der Waals surface area contributed by atoms with Crippen LogP contribution in [0.25, 0.3) is 0 Å². The number of rotatable bonds is 4. The fraction of sp³-hybridized carbons (Fsp3) is 0.200. The van der Waals surface area contributed by atoms with Crippen LogP contribution in [0.2, 0.25) is 0 Å². The lowest BCUT2D eigenvalue weighted by Crippen LogP contribution is -1.99. The van der Waals surface area contributed by atoms with Crippen LogP contribution in [0.1, 0.15) is 21.6 Å². The summed E-state index contributed by atoms with van der Waals surface area (Å²) in [4.78, 5) is 12.3. The molecule has 0 saturated carbocycles. The molecule has 0 aliphatic rings. The normalized spacial score (nSPS) is 9.95. The smallest absolute Gasteiger partial charge is 0.194 e. The summed E-state index contributed by atoms with van der Waals surface area (Å²) in [6, 6.07) is 10.8. The minimum atomic E-state index is -0.0533. The molecule has 2 rings (SSSR count). The molecule has 1 aromatic carbocycles. The third kappa shape index (κ3) is 2.66. The number of nitrogens with zero attached hydrogens (tertiary/aromatic N) is 2. The first kappa shape index (κ1) is 12.9. The van der Waals surface area contributed by atoms with Crippen molar-refractivity contribution < 1.29 is 9.53 Å². The Kier molecular flexibility index (Phi) is 3.67. The second-order valence-electron chi connectivity index (χ2n) is 4.22. The maximum Gasteiger partial charge on any atom is 0.194 e. The molecule has 0 unspecified atom stereocenters. The van der Waals surface area contributed by atoms with Crippen LogP contribution in [0.15, 0.2) is 36.5 Å². The van der Waals surface area contributed by atoms with E-state index in [0.29, 0.717) is 17.5 Å². The van der Waals surface area contributed by atoms with Crippen LogP contribution in [0.5, 0.6) is 5.75 Å². The average Bonchev–Trinajstić information content (AvgIpc) is 2.80. The number of hydrogen-bond acceptors (Lipinski definition) is 3. The molecule has 1 heterocycles. The standard InChI is InChI=1S/C15H14N2O2/c1-17-10-12(9-13(17)7-8-16)15(18)11-3-5-14(19-2)6-4-11/h3-6,9-10H,7H2,1-2H3. The predicted molar refractivity (Wildman–Crippen MR) is 71.2 cm³/mol. The lowest BCUT2D eigenvalue weighted by molar-refractivity contribution is 0.103. The molecule has 0 fully saturated rings. The summed E-state index contributed by atoms with van der Waals surface area (Å²) in [5, 5.41) is 8.70. The van der Waals surface area contributed by atoms with Crippen molar-refractivity contribution in [3.63, 3.8) is 0 Å². The summed E-state index contributed by atoms with van der Waals surface area (Å²) >= 11 is 0. The number of ether oxygens (including phenoxy) is 1. The van der Waals surface area contributed by atoms with E-state index in [0.717, 1.165) is 11.4 Å². The Morgan fingerprint density at radius 2 is 2.00 bits per heavy atom. The summed E-state index contributed by atoms with van der Waals surface area (Å²) in [6.45, 7) is 0. The van der Waals surface area contributed by atoms with Gasteiger partial charge in [0.2, 0.25) is 0 Å². The Morgan fingerprint density at radius 3 is 2.58 bits per heavy atom. The maximum absolute atomic E-state index is 12.3. The van der Waals surface area contributed by atoms with E-state index in [1.807, 2.05) is 7.05 Å². The summed E-state index contributed by atoms with van der Waals surface area (Å²) in [5.74, 6) is 0.664. The van der Waals surface area contributed by atoms with Gasteiger partial charge < -0.3 is 9.30 Å². The van der Waals surface area contributed by atoms with E-state index in [1.54, 1.807) is 48.2 Å². The van der Waals surface area contributed by atoms with Gasteiger partial charge in [-0.25, -0.2) is 0 Å². The van der Waals surface area contributed by atoms with Gasteiger partial charge in [-0.3, -0.25) is 4.79 Å². The molecule has 4 heteroatoms. The van der Waals surface area contributed by atoms with Crippen LogP contribution in [0.4, 0.5) is 0 Å². The number of carbonyl (C=O) groups is 1. The van der Waals surface area contributed by atoms with Gasteiger partial charge in [-0.05, 0) is 30.3 Å². The number of aromatic nitrogens is 1. The number of ketones is 1. The van der Waals surface area contributed by atoms with Crippen LogP contribution >= 0.6 is 0 Å². The minimum Gasteiger partial charge on any atom is -0.497 e. The number of aryl methyl sites for hydroxylation is 1. The summed E-state index contributed by atoms with van der Waals surface area (Å²) in [5.41, 5.74) is 2.03. The van der Waals surface area contributed by atoms with Crippen LogP contribution < -0.4 is 4.74 Å². The maximum atomic E-state index is 12.3. The van der Waals surface area contributed by atoms with Gasteiger partial charge in [-0.1, -0.05) is 0 Å². The molecule has 0 saturated heterocycles. The molecule has 1 aromatic heterocycles. The first-order valence-corrected chi connectivity index (χ1v) is 5.86. The van der Waals surface area contributed by atoms with Gasteiger partial charge in [0, 0.05) is 30.1 Å². The van der Waals surface area contributed by atoms with Crippen molar-refractivity contribution in [3.8, 4) is 11.8 Å². The summed E-state index contributed by atoms with van der Waals surface area (Å²) in [6.07, 6.45) is 2.05. The van der Waals surface area contributed by atoms with Crippen LogP contribution in [0, 0.1) is 11.3 Å². The second-order valence-corrected chi connectivity index (χ2v) is 4.22. The third-order valence-electron chi connectivity index (χ3n) is 2.98. The van der Waals surface area contributed by atoms with E-state index in [4.69, 9.17) is 10.00 Å². The molecule has 96 valence electrons. The molecule has 0 amide bonds. The van der Waals surface area contributed by atoms with Gasteiger partial charge in [-0.15, -0.1) is 0 Å². The van der Waals surface area contributed by atoms with E-state index in [2.05, 4.69) is 6.07 Å². The number of carbonyl (C=O) groups excluding carboxylic acids is 1. The van der Waals surface area contributed by atoms with E-state index < -0.39 is 0 Å². The Labute approximate surface area is 111 Å². The molecule has 0 aliphatic heterocycles. The number of hydrogen-bond donors (Lipinski definition) is 0. The lowest BCUT2D eigenvalue weighted by atomic mass is 10.1. The highest BCUT2D eigenvalue weighted by atomic mass is 16.5. The van der Waals surface area contributed by atoms with E-state index in [9.17, 15) is 4.79 Å². The number of methoxy groups -OCH3 is 1. The van der Waals surface area contributed by atoms with Gasteiger partial charge in [-0.2, -0.15) is 5.26 Å². The molecule has 0 N–H and O–H groups in total. The van der Waals surface area contributed by atoms with Gasteiger partial charge in [0.05, 0.1) is 19.6 Å². The third-order valence-corrected chi connectivity index (χ3v) is 2.98. The highest BCUT2D eigenvalue weighted by Crippen LogP contribution is 2.16. The minimum absolute atomic E-state index is 0.0533. The molecule has 4 nitrogen and oxygen atoms in total. The summed E-state index contributed by atoms with van der Waals surface area (Å²) in [7, 11) is 3.42. The zero-order chi connectivity index (χ0) is 13.8. The monoisotopic (exact) mass is 254 g/mol. The Bertz CT molecular complexity index is 633. The van der Waals surface area contributed by atoms with E-state index >= 15 is 0 Å². The molecule has 0 radical (unpaired) electrons. The SMILES string of the molecule is COc1ccc(C(=O)c2cc(CC#N)n(C)c2)cc1. The molecule has 2 aromatic rings. The van der Waals surface area contributed by atoms with Crippen molar-refractivity contribution in [1.29, 1.82) is 5.26 Å². The second kappa shape index (κ2) is 5.40. The van der Waals surface area contributed by atoms with Crippen molar-refractivity contribution in [3.05, 3.63) is 53.3 Å². The van der Waals surface area contributed by atoms with Crippen molar-refractivity contribution in [2.45, 2.75) is 6.42 Å². The fourth-order valence-corrected chi connectivity index (χ4v) is 1.90. The van der Waals surface area contributed by atoms with E-state index in [-0.39, 0.29) is 5.78 Å². The Hall–Kier alpha value is -2.54. The highest BCUT2D eigenvalue weighted by Gasteiger charge is 2.12. The molecular weight excluding hydrogens is 240 g/mol. The summed E-state index contributed by atoms with van der Waals surface area (Å²) < 4.78 is 6.86. The quantitative estimate of drug-likeness (QED) is 0.787. The highest BCUT2D eigenvalue weighted by molar-refractivity contribution is 6.09. The zero-order valence-corrected chi connectivity index (χ0v) is 10.9.